The topological polar surface area (TPSA) is 52.7 Å². The fourth-order valence-electron chi connectivity index (χ4n) is 2.79. The fraction of sp³-hybridized carbons (Fsp3) is 0.300. The number of para-hydroxylation sites is 1. The summed E-state index contributed by atoms with van der Waals surface area (Å²) in [6, 6.07) is 13.1. The molecule has 5 nitrogen and oxygen atoms in total. The normalized spacial score (nSPS) is 13.2. The van der Waals surface area contributed by atoms with Gasteiger partial charge in [0.05, 0.1) is 11.3 Å². The van der Waals surface area contributed by atoms with Gasteiger partial charge in [-0.05, 0) is 42.7 Å². The number of hydrogen-bond acceptors (Lipinski definition) is 2. The van der Waals surface area contributed by atoms with Crippen molar-refractivity contribution in [2.75, 3.05) is 19.4 Å². The molecule has 1 N–H and O–H groups in total. The maximum Gasteiger partial charge on any atom is 0.322 e. The predicted octanol–water partition coefficient (Wildman–Crippen LogP) is 3.72. The molecule has 0 heterocycles. The van der Waals surface area contributed by atoms with Crippen molar-refractivity contribution >= 4 is 17.6 Å². The van der Waals surface area contributed by atoms with Crippen molar-refractivity contribution in [1.82, 2.24) is 9.80 Å². The summed E-state index contributed by atoms with van der Waals surface area (Å²) in [6.07, 6.45) is 1.86. The third kappa shape index (κ3) is 4.20. The Kier molecular flexibility index (Phi) is 5.21. The minimum atomic E-state index is -0.319. The van der Waals surface area contributed by atoms with E-state index in [0.717, 1.165) is 18.4 Å². The maximum atomic E-state index is 13.4. The van der Waals surface area contributed by atoms with Gasteiger partial charge in [0.25, 0.3) is 5.91 Å². The predicted molar refractivity (Wildman–Crippen MR) is 98.4 cm³/mol. The second kappa shape index (κ2) is 7.56. The van der Waals surface area contributed by atoms with Gasteiger partial charge in [-0.3, -0.25) is 4.79 Å². The van der Waals surface area contributed by atoms with Crippen LogP contribution in [-0.2, 0) is 6.54 Å². The first-order valence-electron chi connectivity index (χ1n) is 8.58. The van der Waals surface area contributed by atoms with Crippen LogP contribution in [0.25, 0.3) is 0 Å². The summed E-state index contributed by atoms with van der Waals surface area (Å²) >= 11 is 0. The Balaban J connectivity index is 1.78. The molecular weight excluding hydrogens is 333 g/mol. The summed E-state index contributed by atoms with van der Waals surface area (Å²) in [5, 5.41) is 2.85. The molecule has 1 fully saturated rings. The summed E-state index contributed by atoms with van der Waals surface area (Å²) in [6.45, 7) is 0.331. The minimum absolute atomic E-state index is 0.148. The number of carbonyl (C=O) groups is 2. The molecule has 0 unspecified atom stereocenters. The molecule has 1 aliphatic carbocycles. The molecule has 0 aliphatic heterocycles. The number of urea groups is 1. The van der Waals surface area contributed by atoms with Gasteiger partial charge in [-0.1, -0.05) is 24.3 Å². The maximum absolute atomic E-state index is 13.4. The number of hydrogen-bond donors (Lipinski definition) is 1. The van der Waals surface area contributed by atoms with Crippen molar-refractivity contribution in [2.45, 2.75) is 25.4 Å². The number of nitrogens with zero attached hydrogens (tertiary/aromatic N) is 2. The second-order valence-corrected chi connectivity index (χ2v) is 6.66. The average molecular weight is 355 g/mol. The van der Waals surface area contributed by atoms with Crippen molar-refractivity contribution in [2.24, 2.45) is 0 Å². The highest BCUT2D eigenvalue weighted by atomic mass is 19.1. The lowest BCUT2D eigenvalue weighted by Crippen LogP contribution is -2.37. The van der Waals surface area contributed by atoms with Gasteiger partial charge in [0.15, 0.2) is 0 Å². The molecule has 136 valence electrons. The zero-order valence-electron chi connectivity index (χ0n) is 14.9. The van der Waals surface area contributed by atoms with E-state index in [1.54, 1.807) is 55.4 Å². The zero-order chi connectivity index (χ0) is 18.7. The van der Waals surface area contributed by atoms with Gasteiger partial charge in [-0.15, -0.1) is 0 Å². The van der Waals surface area contributed by atoms with E-state index in [1.807, 2.05) is 0 Å². The van der Waals surface area contributed by atoms with Crippen LogP contribution in [0.5, 0.6) is 0 Å². The van der Waals surface area contributed by atoms with Crippen molar-refractivity contribution in [3.8, 4) is 0 Å². The van der Waals surface area contributed by atoms with Crippen LogP contribution in [0.3, 0.4) is 0 Å². The van der Waals surface area contributed by atoms with Gasteiger partial charge < -0.3 is 15.1 Å². The standard InChI is InChI=1S/C20H22FN3O2/c1-23(2)19(25)17-8-3-4-9-18(17)22-20(26)24(16-10-11-16)13-14-6-5-7-15(21)12-14/h3-9,12,16H,10-11,13H2,1-2H3,(H,22,26). The number of benzene rings is 2. The molecular formula is C20H22FN3O2. The van der Waals surface area contributed by atoms with Crippen LogP contribution in [-0.4, -0.2) is 41.9 Å². The molecule has 0 radical (unpaired) electrons. The SMILES string of the molecule is CN(C)C(=O)c1ccccc1NC(=O)N(Cc1cccc(F)c1)C1CC1. The van der Waals surface area contributed by atoms with Gasteiger partial charge in [0.1, 0.15) is 5.82 Å². The van der Waals surface area contributed by atoms with Crippen molar-refractivity contribution in [3.05, 3.63) is 65.5 Å². The number of anilines is 1. The lowest BCUT2D eigenvalue weighted by molar-refractivity contribution is 0.0828. The Morgan fingerprint density at radius 1 is 1.12 bits per heavy atom. The Hall–Kier alpha value is -2.89. The van der Waals surface area contributed by atoms with E-state index >= 15 is 0 Å². The molecule has 0 saturated heterocycles. The largest absolute Gasteiger partial charge is 0.345 e. The third-order valence-corrected chi connectivity index (χ3v) is 4.30. The van der Waals surface area contributed by atoms with Gasteiger partial charge in [-0.25, -0.2) is 9.18 Å². The first-order valence-corrected chi connectivity index (χ1v) is 8.58. The van der Waals surface area contributed by atoms with E-state index in [4.69, 9.17) is 0 Å². The summed E-state index contributed by atoms with van der Waals surface area (Å²) in [7, 11) is 3.34. The highest BCUT2D eigenvalue weighted by Gasteiger charge is 2.33. The number of nitrogens with one attached hydrogen (secondary N) is 1. The van der Waals surface area contributed by atoms with E-state index < -0.39 is 0 Å². The minimum Gasteiger partial charge on any atom is -0.345 e. The van der Waals surface area contributed by atoms with E-state index in [2.05, 4.69) is 5.32 Å². The Labute approximate surface area is 152 Å². The van der Waals surface area contributed by atoms with Gasteiger partial charge in [-0.2, -0.15) is 0 Å². The second-order valence-electron chi connectivity index (χ2n) is 6.66. The number of rotatable bonds is 5. The van der Waals surface area contributed by atoms with Gasteiger partial charge >= 0.3 is 6.03 Å². The van der Waals surface area contributed by atoms with Crippen molar-refractivity contribution in [3.63, 3.8) is 0 Å². The van der Waals surface area contributed by atoms with E-state index in [0.29, 0.717) is 17.8 Å². The molecule has 1 aliphatic rings. The van der Waals surface area contributed by atoms with Crippen molar-refractivity contribution < 1.29 is 14.0 Å². The first-order chi connectivity index (χ1) is 12.5. The van der Waals surface area contributed by atoms with Gasteiger partial charge in [0, 0.05) is 26.7 Å². The smallest absolute Gasteiger partial charge is 0.322 e. The zero-order valence-corrected chi connectivity index (χ0v) is 14.9. The lowest BCUT2D eigenvalue weighted by Gasteiger charge is -2.24. The summed E-state index contributed by atoms with van der Waals surface area (Å²) in [5.41, 5.74) is 1.65. The molecule has 26 heavy (non-hydrogen) atoms. The van der Waals surface area contributed by atoms with Crippen LogP contribution in [0.4, 0.5) is 14.9 Å². The third-order valence-electron chi connectivity index (χ3n) is 4.30. The molecule has 2 aromatic rings. The highest BCUT2D eigenvalue weighted by Crippen LogP contribution is 2.29. The molecule has 6 heteroatoms. The monoisotopic (exact) mass is 355 g/mol. The quantitative estimate of drug-likeness (QED) is 0.889. The molecule has 2 aromatic carbocycles. The van der Waals surface area contributed by atoms with Crippen LogP contribution in [0.2, 0.25) is 0 Å². The van der Waals surface area contributed by atoms with E-state index in [-0.39, 0.29) is 23.8 Å². The molecule has 1 saturated carbocycles. The molecule has 3 amide bonds. The molecule has 0 spiro atoms. The summed E-state index contributed by atoms with van der Waals surface area (Å²) < 4.78 is 13.4. The summed E-state index contributed by atoms with van der Waals surface area (Å²) in [4.78, 5) is 28.3. The van der Waals surface area contributed by atoms with Crippen LogP contribution in [0.15, 0.2) is 48.5 Å². The molecule has 0 atom stereocenters. The number of carbonyl (C=O) groups excluding carboxylic acids is 2. The Bertz CT molecular complexity index is 818. The van der Waals surface area contributed by atoms with E-state index in [1.165, 1.54) is 17.0 Å². The molecule has 0 bridgehead atoms. The van der Waals surface area contributed by atoms with Gasteiger partial charge in [0.2, 0.25) is 0 Å². The fourth-order valence-corrected chi connectivity index (χ4v) is 2.79. The average Bonchev–Trinajstić information content (AvgIpc) is 3.44. The number of amides is 3. The van der Waals surface area contributed by atoms with Crippen molar-refractivity contribution in [1.29, 1.82) is 0 Å². The van der Waals surface area contributed by atoms with Crippen LogP contribution < -0.4 is 5.32 Å². The highest BCUT2D eigenvalue weighted by molar-refractivity contribution is 6.03. The lowest BCUT2D eigenvalue weighted by atomic mass is 10.1. The van der Waals surface area contributed by atoms with E-state index in [9.17, 15) is 14.0 Å². The van der Waals surface area contributed by atoms with Crippen LogP contribution in [0.1, 0.15) is 28.8 Å². The first kappa shape index (κ1) is 17.9. The molecule has 0 aromatic heterocycles. The summed E-state index contributed by atoms with van der Waals surface area (Å²) in [5.74, 6) is -0.496. The Morgan fingerprint density at radius 3 is 2.50 bits per heavy atom. The molecule has 3 rings (SSSR count). The Morgan fingerprint density at radius 2 is 1.85 bits per heavy atom. The van der Waals surface area contributed by atoms with Crippen LogP contribution >= 0.6 is 0 Å². The van der Waals surface area contributed by atoms with Crippen LogP contribution in [0, 0.1) is 5.82 Å². The number of halogens is 1.